The van der Waals surface area contributed by atoms with Crippen LogP contribution in [0.15, 0.2) is 195 Å². The zero-order chi connectivity index (χ0) is 52.2. The summed E-state index contributed by atoms with van der Waals surface area (Å²) in [5.41, 5.74) is 27.0. The molecular weight excluding hydrogens is 939 g/mol. The summed E-state index contributed by atoms with van der Waals surface area (Å²) in [5.74, 6) is 0. The standard InChI is InChI=1S/C73H57NO3/c1-70(2,3)40-29-31-41(32-30-40)74(43-34-36-47-54(38-43)73(8,9)66-62(47)64-50-22-13-17-27-58(50)77-69(64)65-45-19-10-14-24-52(45)72(6,7)67(65)66)42-33-35-46-53(37-42)71(4,5)55-39-51(68-63(61(46)55)49-21-12-16-26-57(49)76-68)44-23-18-28-59-60(44)48-20-11-15-25-56(48)75-59/h10-39H,1-9H3. The van der Waals surface area contributed by atoms with Crippen molar-refractivity contribution in [2.45, 2.75) is 84.0 Å². The van der Waals surface area contributed by atoms with Gasteiger partial charge in [0, 0.05) is 76.8 Å². The largest absolute Gasteiger partial charge is 0.456 e. The Labute approximate surface area is 448 Å². The van der Waals surface area contributed by atoms with Crippen LogP contribution in [0, 0.1) is 0 Å². The number of furan rings is 3. The predicted octanol–water partition coefficient (Wildman–Crippen LogP) is 20.7. The quantitative estimate of drug-likeness (QED) is 0.176. The molecule has 10 aromatic carbocycles. The normalized spacial score (nSPS) is 15.4. The first-order valence-electron chi connectivity index (χ1n) is 27.3. The maximum absolute atomic E-state index is 7.02. The van der Waals surface area contributed by atoms with E-state index in [1.807, 2.05) is 6.07 Å². The molecule has 0 fully saturated rings. The molecule has 3 heterocycles. The van der Waals surface area contributed by atoms with Crippen LogP contribution in [0.1, 0.15) is 101 Å². The van der Waals surface area contributed by atoms with Gasteiger partial charge in [0.1, 0.15) is 33.5 Å². The van der Waals surface area contributed by atoms with Crippen molar-refractivity contribution in [1.29, 1.82) is 0 Å². The van der Waals surface area contributed by atoms with E-state index in [2.05, 4.69) is 243 Å². The minimum atomic E-state index is -0.374. The highest BCUT2D eigenvalue weighted by atomic mass is 16.3. The van der Waals surface area contributed by atoms with Gasteiger partial charge in [-0.1, -0.05) is 178 Å². The van der Waals surface area contributed by atoms with Crippen molar-refractivity contribution < 1.29 is 13.3 Å². The molecule has 4 nitrogen and oxygen atoms in total. The molecule has 0 radical (unpaired) electrons. The van der Waals surface area contributed by atoms with Gasteiger partial charge in [-0.25, -0.2) is 0 Å². The summed E-state index contributed by atoms with van der Waals surface area (Å²) in [4.78, 5) is 2.50. The predicted molar refractivity (Wildman–Crippen MR) is 320 cm³/mol. The topological polar surface area (TPSA) is 42.7 Å². The minimum absolute atomic E-state index is 0.00404. The average molecular weight is 996 g/mol. The van der Waals surface area contributed by atoms with Gasteiger partial charge in [0.15, 0.2) is 0 Å². The van der Waals surface area contributed by atoms with Gasteiger partial charge >= 0.3 is 0 Å². The van der Waals surface area contributed by atoms with Gasteiger partial charge in [-0.2, -0.15) is 0 Å². The van der Waals surface area contributed by atoms with Crippen molar-refractivity contribution in [2.24, 2.45) is 0 Å². The van der Waals surface area contributed by atoms with E-state index in [-0.39, 0.29) is 21.7 Å². The van der Waals surface area contributed by atoms with E-state index in [9.17, 15) is 0 Å². The zero-order valence-corrected chi connectivity index (χ0v) is 45.0. The second kappa shape index (κ2) is 14.9. The van der Waals surface area contributed by atoms with Crippen LogP contribution in [0.4, 0.5) is 17.1 Å². The lowest BCUT2D eigenvalue weighted by Crippen LogP contribution is -2.24. The molecule has 3 aromatic heterocycles. The van der Waals surface area contributed by atoms with Crippen LogP contribution in [0.3, 0.4) is 0 Å². The molecule has 16 rings (SSSR count). The lowest BCUT2D eigenvalue weighted by molar-refractivity contribution is 0.590. The lowest BCUT2D eigenvalue weighted by atomic mass is 9.72. The Balaban J connectivity index is 0.913. The molecule has 0 atom stereocenters. The fourth-order valence-corrected chi connectivity index (χ4v) is 14.6. The molecule has 3 aliphatic rings. The Morgan fingerprint density at radius 2 is 0.818 bits per heavy atom. The van der Waals surface area contributed by atoms with E-state index in [4.69, 9.17) is 13.3 Å². The fourth-order valence-electron chi connectivity index (χ4n) is 14.6. The Hall–Kier alpha value is -8.60. The van der Waals surface area contributed by atoms with Gasteiger partial charge in [0.2, 0.25) is 0 Å². The van der Waals surface area contributed by atoms with Gasteiger partial charge in [-0.15, -0.1) is 0 Å². The fraction of sp³-hybridized carbons (Fsp3) is 0.178. The average Bonchev–Trinajstić information content (AvgIpc) is 4.04. The monoisotopic (exact) mass is 995 g/mol. The Morgan fingerprint density at radius 1 is 0.338 bits per heavy atom. The third-order valence-electron chi connectivity index (χ3n) is 18.4. The molecule has 0 N–H and O–H groups in total. The summed E-state index contributed by atoms with van der Waals surface area (Å²) in [6.07, 6.45) is 0. The van der Waals surface area contributed by atoms with Gasteiger partial charge < -0.3 is 18.2 Å². The van der Waals surface area contributed by atoms with Crippen molar-refractivity contribution in [3.05, 3.63) is 221 Å². The van der Waals surface area contributed by atoms with Gasteiger partial charge in [-0.05, 0) is 144 Å². The SMILES string of the molecule is CC(C)(C)c1ccc(N(c2ccc3c(c2)C(C)(C)c2cc(-c4cccc5oc6ccccc6c45)c4oc5ccccc5c4c2-3)c2ccc3c(c2)C(C)(C)c2c4c(c5oc6ccccc6c5c2-3)-c2ccccc2C4(C)C)cc1. The summed E-state index contributed by atoms with van der Waals surface area (Å²) in [5, 5.41) is 6.87. The highest BCUT2D eigenvalue weighted by molar-refractivity contribution is 6.23. The molecule has 4 heteroatoms. The number of benzene rings is 10. The molecule has 0 bridgehead atoms. The molecule has 0 amide bonds. The van der Waals surface area contributed by atoms with Crippen LogP contribution in [-0.4, -0.2) is 0 Å². The van der Waals surface area contributed by atoms with Crippen LogP contribution in [0.5, 0.6) is 0 Å². The van der Waals surface area contributed by atoms with Crippen molar-refractivity contribution >= 4 is 82.9 Å². The molecule has 0 aliphatic heterocycles. The molecule has 0 spiro atoms. The second-order valence-electron chi connectivity index (χ2n) is 24.7. The van der Waals surface area contributed by atoms with Crippen LogP contribution in [0.2, 0.25) is 0 Å². The summed E-state index contributed by atoms with van der Waals surface area (Å²) in [6, 6.07) is 67.2. The Morgan fingerprint density at radius 3 is 1.48 bits per heavy atom. The van der Waals surface area contributed by atoms with Crippen molar-refractivity contribution in [2.75, 3.05) is 4.90 Å². The second-order valence-corrected chi connectivity index (χ2v) is 24.7. The molecule has 3 aliphatic carbocycles. The van der Waals surface area contributed by atoms with Crippen molar-refractivity contribution in [3.8, 4) is 44.5 Å². The van der Waals surface area contributed by atoms with Crippen molar-refractivity contribution in [1.82, 2.24) is 0 Å². The summed E-state index contributed by atoms with van der Waals surface area (Å²) in [7, 11) is 0. The maximum atomic E-state index is 7.02. The van der Waals surface area contributed by atoms with Gasteiger partial charge in [0.05, 0.1) is 0 Å². The summed E-state index contributed by atoms with van der Waals surface area (Å²) < 4.78 is 20.5. The molecular formula is C73H57NO3. The maximum Gasteiger partial charge on any atom is 0.144 e. The van der Waals surface area contributed by atoms with Gasteiger partial charge in [0.25, 0.3) is 0 Å². The first kappa shape index (κ1) is 44.7. The van der Waals surface area contributed by atoms with E-state index in [1.165, 1.54) is 83.1 Å². The van der Waals surface area contributed by atoms with E-state index >= 15 is 0 Å². The van der Waals surface area contributed by atoms with Gasteiger partial charge in [-0.3, -0.25) is 0 Å². The number of anilines is 3. The molecule has 77 heavy (non-hydrogen) atoms. The van der Waals surface area contributed by atoms with E-state index in [0.29, 0.717) is 0 Å². The molecule has 0 saturated heterocycles. The van der Waals surface area contributed by atoms with Crippen LogP contribution in [0.25, 0.3) is 110 Å². The van der Waals surface area contributed by atoms with Crippen molar-refractivity contribution in [3.63, 3.8) is 0 Å². The first-order chi connectivity index (χ1) is 37.1. The zero-order valence-electron chi connectivity index (χ0n) is 45.0. The van der Waals surface area contributed by atoms with Crippen LogP contribution < -0.4 is 4.90 Å². The third-order valence-corrected chi connectivity index (χ3v) is 18.4. The Bertz CT molecular complexity index is 4750. The van der Waals surface area contributed by atoms with Crippen LogP contribution >= 0.6 is 0 Å². The molecule has 0 unspecified atom stereocenters. The lowest BCUT2D eigenvalue weighted by Gasteiger charge is -2.32. The number of rotatable bonds is 4. The number of hydrogen-bond acceptors (Lipinski definition) is 4. The number of hydrogen-bond donors (Lipinski definition) is 0. The summed E-state index contributed by atoms with van der Waals surface area (Å²) >= 11 is 0. The highest BCUT2D eigenvalue weighted by Gasteiger charge is 2.49. The number of para-hydroxylation sites is 3. The van der Waals surface area contributed by atoms with Crippen LogP contribution in [-0.2, 0) is 21.7 Å². The highest BCUT2D eigenvalue weighted by Crippen LogP contribution is 2.64. The van der Waals surface area contributed by atoms with E-state index < -0.39 is 0 Å². The van der Waals surface area contributed by atoms with E-state index in [0.717, 1.165) is 83.2 Å². The Kier molecular flexibility index (Phi) is 8.62. The summed E-state index contributed by atoms with van der Waals surface area (Å²) in [6.45, 7) is 21.4. The third kappa shape index (κ3) is 5.78. The first-order valence-corrected chi connectivity index (χ1v) is 27.3. The minimum Gasteiger partial charge on any atom is -0.456 e. The molecule has 372 valence electrons. The molecule has 0 saturated carbocycles. The molecule has 13 aromatic rings. The number of fused-ring (bicyclic) bond motifs is 22. The van der Waals surface area contributed by atoms with E-state index in [1.54, 1.807) is 0 Å². The smallest absolute Gasteiger partial charge is 0.144 e. The number of nitrogens with zero attached hydrogens (tertiary/aromatic N) is 1.